The summed E-state index contributed by atoms with van der Waals surface area (Å²) in [5, 5.41) is 14.1. The highest BCUT2D eigenvalue weighted by Crippen LogP contribution is 2.29. The van der Waals surface area contributed by atoms with Crippen LogP contribution >= 0.6 is 58.8 Å². The van der Waals surface area contributed by atoms with Crippen LogP contribution in [-0.4, -0.2) is 85.0 Å². The lowest BCUT2D eigenvalue weighted by Gasteiger charge is -2.33. The molecule has 7 N–H and O–H groups in total. The maximum absolute atomic E-state index is 14.4. The number of benzene rings is 3. The molecule has 0 unspecified atom stereocenters. The molecule has 2 aromatic heterocycles. The predicted octanol–water partition coefficient (Wildman–Crippen LogP) is 7.36. The summed E-state index contributed by atoms with van der Waals surface area (Å²) in [4.78, 5) is 95.8. The van der Waals surface area contributed by atoms with Gasteiger partial charge in [0.25, 0.3) is 5.56 Å². The number of nitrogens with two attached hydrogens (primary N) is 2. The number of aliphatic carboxylic acids is 1. The average molecular weight is 999 g/mol. The number of nitrogens with one attached hydrogen (secondary N) is 2. The number of carboxylic acid groups (broad SMARTS) is 1. The van der Waals surface area contributed by atoms with Crippen LogP contribution in [0.3, 0.4) is 0 Å². The van der Waals surface area contributed by atoms with E-state index in [0.717, 1.165) is 5.56 Å². The minimum Gasteiger partial charge on any atom is -0.481 e. The number of carbonyl (C=O) groups excluding carboxylic acids is 4. The summed E-state index contributed by atoms with van der Waals surface area (Å²) in [6.07, 6.45) is 6.22. The fourth-order valence-corrected chi connectivity index (χ4v) is 7.83. The van der Waals surface area contributed by atoms with Gasteiger partial charge >= 0.3 is 5.97 Å². The molecule has 1 saturated heterocycles. The standard InChI is InChI=1S/C46H44Cl4N8O7.ClH/c47-33-13-7-26(19-35(33)49)17-30-23-58(24-31(41(30)61)18-27-8-14-34(48)36(50)20-27)44(63)37(3-1-2-16-51)55-39(60)15-11-29(45(64)65)21-38(59)28-9-4-25(5-10-28)6-12-32-22-53-40-42(54-32)56-46(52)57-43(40)62;/h4-5,7-10,13-14,17-20,22,29,37H,1-3,6,11-12,15-16,21,23-24,51H2,(H,55,60)(H,64,65)(H3,52,54,56,57,62);1H/b30-17+,31-18+;/t29-,37-;/m1./s1. The number of likely N-dealkylation sites (tertiary alicyclic amines) is 1. The van der Waals surface area contributed by atoms with Crippen LogP contribution in [0.15, 0.2) is 82.8 Å². The summed E-state index contributed by atoms with van der Waals surface area (Å²) in [6.45, 7) is 0.191. The van der Waals surface area contributed by atoms with Gasteiger partial charge in [-0.25, -0.2) is 9.97 Å². The van der Waals surface area contributed by atoms with Crippen molar-refractivity contribution in [3.05, 3.63) is 136 Å². The van der Waals surface area contributed by atoms with Gasteiger partial charge in [0, 0.05) is 48.8 Å². The first-order valence-electron chi connectivity index (χ1n) is 20.6. The fourth-order valence-electron chi connectivity index (χ4n) is 7.22. The number of ketones is 2. The molecule has 0 radical (unpaired) electrons. The third kappa shape index (κ3) is 13.7. The van der Waals surface area contributed by atoms with Gasteiger partial charge in [-0.2, -0.15) is 4.98 Å². The van der Waals surface area contributed by atoms with Crippen LogP contribution in [0.2, 0.25) is 20.1 Å². The third-order valence-corrected chi connectivity index (χ3v) is 12.2. The summed E-state index contributed by atoms with van der Waals surface area (Å²) in [7, 11) is 0. The molecule has 20 heteroatoms. The van der Waals surface area contributed by atoms with E-state index in [1.165, 1.54) is 11.1 Å². The van der Waals surface area contributed by atoms with E-state index in [9.17, 15) is 33.9 Å². The molecule has 2 amide bonds. The molecule has 1 aliphatic rings. The molecule has 15 nitrogen and oxygen atoms in total. The summed E-state index contributed by atoms with van der Waals surface area (Å²) in [5.41, 5.74) is 14.6. The Bertz CT molecular complexity index is 2690. The molecule has 6 rings (SSSR count). The van der Waals surface area contributed by atoms with Gasteiger partial charge in [-0.1, -0.05) is 82.8 Å². The van der Waals surface area contributed by atoms with Crippen molar-refractivity contribution in [1.82, 2.24) is 30.2 Å². The average Bonchev–Trinajstić information content (AvgIpc) is 3.27. The highest BCUT2D eigenvalue weighted by Gasteiger charge is 2.34. The van der Waals surface area contributed by atoms with Crippen LogP contribution in [0.5, 0.6) is 0 Å². The number of Topliss-reactive ketones (excluding diaryl/α,β-unsaturated/α-hetero) is 2. The number of hydrogen-bond acceptors (Lipinski definition) is 11. The molecule has 0 bridgehead atoms. The first-order chi connectivity index (χ1) is 31.1. The van der Waals surface area contributed by atoms with E-state index in [2.05, 4.69) is 25.3 Å². The van der Waals surface area contributed by atoms with Gasteiger partial charge < -0.3 is 26.8 Å². The van der Waals surface area contributed by atoms with Gasteiger partial charge in [-0.15, -0.1) is 12.4 Å². The number of aromatic amines is 1. The number of amides is 2. The zero-order valence-electron chi connectivity index (χ0n) is 35.2. The lowest BCUT2D eigenvalue weighted by Crippen LogP contribution is -2.52. The van der Waals surface area contributed by atoms with E-state index in [4.69, 9.17) is 57.9 Å². The number of nitrogen functional groups attached to an aromatic ring is 1. The zero-order valence-corrected chi connectivity index (χ0v) is 39.0. The van der Waals surface area contributed by atoms with Crippen molar-refractivity contribution in [3.63, 3.8) is 0 Å². The second-order valence-electron chi connectivity index (χ2n) is 15.5. The maximum atomic E-state index is 14.4. The van der Waals surface area contributed by atoms with E-state index in [1.54, 1.807) is 72.8 Å². The van der Waals surface area contributed by atoms with Gasteiger partial charge in [0.1, 0.15) is 6.04 Å². The molecule has 1 fully saturated rings. The Kier molecular flexibility index (Phi) is 18.4. The maximum Gasteiger partial charge on any atom is 0.306 e. The lowest BCUT2D eigenvalue weighted by molar-refractivity contribution is -0.142. The molecular formula is C46H45Cl5N8O7. The van der Waals surface area contributed by atoms with Gasteiger partial charge in [0.2, 0.25) is 17.8 Å². The highest BCUT2D eigenvalue weighted by molar-refractivity contribution is 6.42. The number of aryl methyl sites for hydroxylation is 2. The van der Waals surface area contributed by atoms with E-state index >= 15 is 0 Å². The quantitative estimate of drug-likeness (QED) is 0.0328. The molecule has 5 aromatic rings. The summed E-state index contributed by atoms with van der Waals surface area (Å²) >= 11 is 24.8. The topological polar surface area (TPSA) is 244 Å². The van der Waals surface area contributed by atoms with E-state index in [-0.39, 0.29) is 95.3 Å². The molecule has 66 heavy (non-hydrogen) atoms. The van der Waals surface area contributed by atoms with Crippen LogP contribution in [0, 0.1) is 5.92 Å². The van der Waals surface area contributed by atoms with Gasteiger partial charge in [0.05, 0.1) is 31.7 Å². The van der Waals surface area contributed by atoms with Crippen LogP contribution in [0.25, 0.3) is 23.3 Å². The van der Waals surface area contributed by atoms with Crippen molar-refractivity contribution in [2.24, 2.45) is 11.7 Å². The Hall–Kier alpha value is -5.68. The number of nitrogens with zero attached hydrogens (tertiary/aromatic N) is 4. The third-order valence-electron chi connectivity index (χ3n) is 10.7. The number of fused-ring (bicyclic) bond motifs is 1. The first-order valence-corrected chi connectivity index (χ1v) is 22.1. The van der Waals surface area contributed by atoms with E-state index in [0.29, 0.717) is 64.7 Å². The van der Waals surface area contributed by atoms with Crippen molar-refractivity contribution < 1.29 is 29.1 Å². The first kappa shape index (κ1) is 51.3. The van der Waals surface area contributed by atoms with Crippen molar-refractivity contribution in [2.75, 3.05) is 25.4 Å². The molecule has 0 aliphatic carbocycles. The number of H-pyrrole nitrogens is 1. The van der Waals surface area contributed by atoms with E-state index < -0.39 is 41.1 Å². The Morgan fingerprint density at radius 3 is 2.03 bits per heavy atom. The van der Waals surface area contributed by atoms with Gasteiger partial charge in [-0.05, 0) is 98.2 Å². The lowest BCUT2D eigenvalue weighted by atomic mass is 9.93. The number of rotatable bonds is 18. The number of halogens is 5. The molecule has 2 atom stereocenters. The Morgan fingerprint density at radius 2 is 1.45 bits per heavy atom. The number of piperidine rings is 1. The van der Waals surface area contributed by atoms with E-state index in [1.807, 2.05) is 0 Å². The van der Waals surface area contributed by atoms with Crippen LogP contribution in [-0.2, 0) is 32.0 Å². The Morgan fingerprint density at radius 1 is 0.833 bits per heavy atom. The second-order valence-corrected chi connectivity index (χ2v) is 17.1. The number of unbranched alkanes of at least 4 members (excludes halogenated alkanes) is 1. The Labute approximate surface area is 405 Å². The molecule has 0 saturated carbocycles. The second kappa shape index (κ2) is 23.7. The summed E-state index contributed by atoms with van der Waals surface area (Å²) in [6, 6.07) is 15.5. The SMILES string of the molecule is Cl.NCCCC[C@@H](NC(=O)CC[C@H](CC(=O)c1ccc(CCc2cnc3c(=O)[nH]c(N)nc3n2)cc1)C(=O)O)C(=O)N1C/C(=C\c2ccc(Cl)c(Cl)c2)C(=O)/C(=C/c2ccc(Cl)c(Cl)c2)C1. The van der Waals surface area contributed by atoms with Crippen molar-refractivity contribution in [3.8, 4) is 0 Å². The molecule has 3 heterocycles. The molecule has 3 aromatic carbocycles. The number of aromatic nitrogens is 4. The molecular weight excluding hydrogens is 954 g/mol. The normalized spacial score (nSPS) is 14.8. The zero-order chi connectivity index (χ0) is 46.8. The van der Waals surface area contributed by atoms with Crippen LogP contribution in [0.4, 0.5) is 5.95 Å². The van der Waals surface area contributed by atoms with Crippen molar-refractivity contribution >= 4 is 117 Å². The van der Waals surface area contributed by atoms with Gasteiger partial charge in [0.15, 0.2) is 22.7 Å². The smallest absolute Gasteiger partial charge is 0.306 e. The van der Waals surface area contributed by atoms with Crippen LogP contribution in [0.1, 0.15) is 71.3 Å². The number of carbonyl (C=O) groups is 5. The molecule has 346 valence electrons. The predicted molar refractivity (Wildman–Crippen MR) is 258 cm³/mol. The van der Waals surface area contributed by atoms with Crippen molar-refractivity contribution in [2.45, 2.75) is 57.4 Å². The molecule has 1 aliphatic heterocycles. The van der Waals surface area contributed by atoms with Gasteiger partial charge in [-0.3, -0.25) is 33.8 Å². The Balaban J connectivity index is 0.00000817. The highest BCUT2D eigenvalue weighted by atomic mass is 35.5. The molecule has 0 spiro atoms. The van der Waals surface area contributed by atoms with Crippen LogP contribution < -0.4 is 22.3 Å². The summed E-state index contributed by atoms with van der Waals surface area (Å²) in [5.74, 6) is -4.25. The minimum absolute atomic E-state index is 0. The van der Waals surface area contributed by atoms with Crippen molar-refractivity contribution in [1.29, 1.82) is 0 Å². The number of carboxylic acids is 1. The minimum atomic E-state index is -1.24. The largest absolute Gasteiger partial charge is 0.481 e. The fraction of sp³-hybridized carbons (Fsp3) is 0.283. The summed E-state index contributed by atoms with van der Waals surface area (Å²) < 4.78 is 0. The number of anilines is 1. The monoisotopic (exact) mass is 996 g/mol. The number of hydrogen-bond donors (Lipinski definition) is 5.